The number of hydrogen-bond donors (Lipinski definition) is 2. The Morgan fingerprint density at radius 3 is 2.68 bits per heavy atom. The van der Waals surface area contributed by atoms with E-state index in [0.29, 0.717) is 6.04 Å². The second kappa shape index (κ2) is 6.69. The van der Waals surface area contributed by atoms with Gasteiger partial charge in [-0.1, -0.05) is 0 Å². The Bertz CT molecular complexity index is 511. The second-order valence-corrected chi connectivity index (χ2v) is 6.58. The van der Waals surface area contributed by atoms with E-state index in [0.717, 1.165) is 61.9 Å². The number of nitrogens with one attached hydrogen (secondary N) is 2. The quantitative estimate of drug-likeness (QED) is 0.881. The van der Waals surface area contributed by atoms with Gasteiger partial charge in [0.1, 0.15) is 5.76 Å². The van der Waals surface area contributed by atoms with Gasteiger partial charge in [-0.05, 0) is 52.6 Å². The van der Waals surface area contributed by atoms with Gasteiger partial charge in [-0.2, -0.15) is 0 Å². The maximum Gasteiger partial charge on any atom is 0.208 e. The van der Waals surface area contributed by atoms with Crippen molar-refractivity contribution in [1.82, 2.24) is 20.5 Å². The molecule has 0 aliphatic carbocycles. The lowest BCUT2D eigenvalue weighted by molar-refractivity contribution is 0.164. The molecule has 0 aromatic carbocycles. The Hall–Kier alpha value is -1.56. The summed E-state index contributed by atoms with van der Waals surface area (Å²) in [6.07, 6.45) is 2.43. The highest BCUT2D eigenvalue weighted by Gasteiger charge is 2.21. The molecule has 0 saturated carbocycles. The number of guanidine groups is 1. The minimum atomic E-state index is 0.469. The van der Waals surface area contributed by atoms with Crippen LogP contribution in [0.5, 0.6) is 0 Å². The van der Waals surface area contributed by atoms with Crippen molar-refractivity contribution in [2.75, 3.05) is 26.2 Å². The molecule has 1 fully saturated rings. The summed E-state index contributed by atoms with van der Waals surface area (Å²) in [5.41, 5.74) is 1.01. The SMILES string of the molecule is Cc1nc(CN2CCC(CNC3=NCC(C)N3)CC2)oc1C. The molecule has 2 aliphatic rings. The van der Waals surface area contributed by atoms with Crippen molar-refractivity contribution in [3.05, 3.63) is 17.3 Å². The predicted octanol–water partition coefficient (Wildman–Crippen LogP) is 1.44. The van der Waals surface area contributed by atoms with E-state index in [1.807, 2.05) is 13.8 Å². The summed E-state index contributed by atoms with van der Waals surface area (Å²) in [5, 5.41) is 6.80. The highest BCUT2D eigenvalue weighted by molar-refractivity contribution is 5.81. The van der Waals surface area contributed by atoms with E-state index in [2.05, 4.69) is 32.4 Å². The van der Waals surface area contributed by atoms with Crippen LogP contribution in [-0.4, -0.2) is 48.1 Å². The van der Waals surface area contributed by atoms with Crippen molar-refractivity contribution in [1.29, 1.82) is 0 Å². The third-order valence-corrected chi connectivity index (χ3v) is 4.60. The summed E-state index contributed by atoms with van der Waals surface area (Å²) in [7, 11) is 0. The normalized spacial score (nSPS) is 23.4. The van der Waals surface area contributed by atoms with E-state index < -0.39 is 0 Å². The molecule has 6 heteroatoms. The molecule has 3 rings (SSSR count). The Labute approximate surface area is 132 Å². The number of oxazole rings is 1. The molecule has 1 atom stereocenters. The van der Waals surface area contributed by atoms with E-state index in [1.165, 1.54) is 12.8 Å². The number of piperidine rings is 1. The molecule has 6 nitrogen and oxygen atoms in total. The highest BCUT2D eigenvalue weighted by atomic mass is 16.4. The van der Waals surface area contributed by atoms with E-state index in [4.69, 9.17) is 4.42 Å². The Kier molecular flexibility index (Phi) is 4.66. The van der Waals surface area contributed by atoms with Crippen molar-refractivity contribution in [3.63, 3.8) is 0 Å². The highest BCUT2D eigenvalue weighted by Crippen LogP contribution is 2.19. The molecule has 2 N–H and O–H groups in total. The fourth-order valence-electron chi connectivity index (χ4n) is 3.05. The van der Waals surface area contributed by atoms with Crippen LogP contribution in [0.4, 0.5) is 0 Å². The largest absolute Gasteiger partial charge is 0.444 e. The summed E-state index contributed by atoms with van der Waals surface area (Å²) < 4.78 is 5.68. The zero-order valence-corrected chi connectivity index (χ0v) is 13.9. The molecular weight excluding hydrogens is 278 g/mol. The van der Waals surface area contributed by atoms with E-state index in [1.54, 1.807) is 0 Å². The van der Waals surface area contributed by atoms with Gasteiger partial charge in [0.25, 0.3) is 0 Å². The van der Waals surface area contributed by atoms with Gasteiger partial charge in [-0.25, -0.2) is 4.98 Å². The number of likely N-dealkylation sites (tertiary alicyclic amines) is 1. The molecule has 0 bridgehead atoms. The molecule has 0 spiro atoms. The maximum absolute atomic E-state index is 5.68. The van der Waals surface area contributed by atoms with Gasteiger partial charge < -0.3 is 15.1 Å². The number of aromatic nitrogens is 1. The van der Waals surface area contributed by atoms with E-state index in [9.17, 15) is 0 Å². The van der Waals surface area contributed by atoms with E-state index >= 15 is 0 Å². The van der Waals surface area contributed by atoms with Crippen LogP contribution in [0.1, 0.15) is 37.1 Å². The molecule has 3 heterocycles. The standard InChI is InChI=1S/C16H27N5O/c1-11-8-17-16(19-11)18-9-14-4-6-21(7-5-14)10-15-20-12(2)13(3)22-15/h11,14H,4-10H2,1-3H3,(H2,17,18,19). The fraction of sp³-hybridized carbons (Fsp3) is 0.750. The number of aryl methyl sites for hydroxylation is 2. The average Bonchev–Trinajstić information content (AvgIpc) is 3.04. The molecule has 22 heavy (non-hydrogen) atoms. The Morgan fingerprint density at radius 2 is 2.09 bits per heavy atom. The first kappa shape index (κ1) is 15.3. The molecule has 1 unspecified atom stereocenters. The Morgan fingerprint density at radius 1 is 1.32 bits per heavy atom. The first-order valence-electron chi connectivity index (χ1n) is 8.30. The minimum absolute atomic E-state index is 0.469. The number of rotatable bonds is 4. The number of aliphatic imine (C=N–C) groups is 1. The third kappa shape index (κ3) is 3.80. The summed E-state index contributed by atoms with van der Waals surface area (Å²) in [6, 6.07) is 0.469. The van der Waals surface area contributed by atoms with Gasteiger partial charge in [-0.15, -0.1) is 0 Å². The van der Waals surface area contributed by atoms with Crippen LogP contribution >= 0.6 is 0 Å². The zero-order chi connectivity index (χ0) is 15.5. The topological polar surface area (TPSA) is 65.7 Å². The lowest BCUT2D eigenvalue weighted by Gasteiger charge is -2.31. The van der Waals surface area contributed by atoms with Gasteiger partial charge in [0.05, 0.1) is 18.8 Å². The third-order valence-electron chi connectivity index (χ3n) is 4.60. The molecule has 1 aromatic heterocycles. The van der Waals surface area contributed by atoms with Gasteiger partial charge in [0, 0.05) is 12.6 Å². The van der Waals surface area contributed by atoms with Crippen molar-refractivity contribution in [3.8, 4) is 0 Å². The van der Waals surface area contributed by atoms with Crippen LogP contribution in [-0.2, 0) is 6.54 Å². The molecule has 2 aliphatic heterocycles. The molecular formula is C16H27N5O. The smallest absolute Gasteiger partial charge is 0.208 e. The van der Waals surface area contributed by atoms with Gasteiger partial charge in [0.15, 0.2) is 5.96 Å². The first-order chi connectivity index (χ1) is 10.6. The van der Waals surface area contributed by atoms with Crippen LogP contribution < -0.4 is 10.6 Å². The minimum Gasteiger partial charge on any atom is -0.444 e. The summed E-state index contributed by atoms with van der Waals surface area (Å²) >= 11 is 0. The maximum atomic E-state index is 5.68. The summed E-state index contributed by atoms with van der Waals surface area (Å²) in [6.45, 7) is 11.1. The average molecular weight is 305 g/mol. The van der Waals surface area contributed by atoms with Crippen molar-refractivity contribution >= 4 is 5.96 Å². The van der Waals surface area contributed by atoms with Crippen LogP contribution in [0.3, 0.4) is 0 Å². The molecule has 1 aromatic rings. The fourth-order valence-corrected chi connectivity index (χ4v) is 3.05. The summed E-state index contributed by atoms with van der Waals surface area (Å²) in [4.78, 5) is 11.4. The lowest BCUT2D eigenvalue weighted by atomic mass is 9.97. The van der Waals surface area contributed by atoms with Crippen LogP contribution in [0, 0.1) is 19.8 Å². The van der Waals surface area contributed by atoms with Crippen molar-refractivity contribution < 1.29 is 4.42 Å². The number of nitrogens with zero attached hydrogens (tertiary/aromatic N) is 3. The summed E-state index contributed by atoms with van der Waals surface area (Å²) in [5.74, 6) is 3.49. The molecule has 0 radical (unpaired) electrons. The Balaban J connectivity index is 1.39. The second-order valence-electron chi connectivity index (χ2n) is 6.58. The molecule has 1 saturated heterocycles. The van der Waals surface area contributed by atoms with Gasteiger partial charge >= 0.3 is 0 Å². The molecule has 122 valence electrons. The van der Waals surface area contributed by atoms with Crippen LogP contribution in [0.25, 0.3) is 0 Å². The van der Waals surface area contributed by atoms with Crippen LogP contribution in [0.15, 0.2) is 9.41 Å². The monoisotopic (exact) mass is 305 g/mol. The van der Waals surface area contributed by atoms with Crippen molar-refractivity contribution in [2.45, 2.75) is 46.2 Å². The van der Waals surface area contributed by atoms with Gasteiger partial charge in [-0.3, -0.25) is 9.89 Å². The van der Waals surface area contributed by atoms with Crippen LogP contribution in [0.2, 0.25) is 0 Å². The number of hydrogen-bond acceptors (Lipinski definition) is 6. The zero-order valence-electron chi connectivity index (χ0n) is 13.9. The first-order valence-corrected chi connectivity index (χ1v) is 8.30. The lowest BCUT2D eigenvalue weighted by Crippen LogP contribution is -2.42. The predicted molar refractivity (Wildman–Crippen MR) is 86.9 cm³/mol. The van der Waals surface area contributed by atoms with Gasteiger partial charge in [0.2, 0.25) is 5.89 Å². The van der Waals surface area contributed by atoms with Crippen molar-refractivity contribution in [2.24, 2.45) is 10.9 Å². The molecule has 0 amide bonds. The van der Waals surface area contributed by atoms with E-state index in [-0.39, 0.29) is 0 Å².